The van der Waals surface area contributed by atoms with Gasteiger partial charge in [-0.3, -0.25) is 14.3 Å². The molecule has 9 heteroatoms. The minimum absolute atomic E-state index is 0.129. The highest BCUT2D eigenvalue weighted by Crippen LogP contribution is 2.31. The van der Waals surface area contributed by atoms with Gasteiger partial charge in [0.15, 0.2) is 11.0 Å². The van der Waals surface area contributed by atoms with E-state index in [0.717, 1.165) is 16.8 Å². The van der Waals surface area contributed by atoms with E-state index in [1.54, 1.807) is 19.5 Å². The average Bonchev–Trinajstić information content (AvgIpc) is 3.27. The third kappa shape index (κ3) is 5.60. The highest BCUT2D eigenvalue weighted by Gasteiger charge is 2.18. The Morgan fingerprint density at radius 1 is 1.12 bits per heavy atom. The number of benzene rings is 2. The summed E-state index contributed by atoms with van der Waals surface area (Å²) in [4.78, 5) is 16.8. The van der Waals surface area contributed by atoms with Crippen LogP contribution in [-0.4, -0.2) is 45.9 Å². The topological polar surface area (TPSA) is 81.9 Å². The van der Waals surface area contributed by atoms with Crippen LogP contribution in [0, 0.1) is 0 Å². The third-order valence-corrected chi connectivity index (χ3v) is 6.04. The lowest BCUT2D eigenvalue weighted by atomic mass is 10.1. The van der Waals surface area contributed by atoms with Gasteiger partial charge in [0.1, 0.15) is 0 Å². The molecule has 0 fully saturated rings. The van der Waals surface area contributed by atoms with Crippen LogP contribution in [0.5, 0.6) is 0 Å². The maximum absolute atomic E-state index is 12.6. The Hall–Kier alpha value is -3.20. The fraction of sp³-hybridized carbons (Fsp3) is 0.167. The zero-order valence-corrected chi connectivity index (χ0v) is 19.5. The van der Waals surface area contributed by atoms with E-state index in [1.165, 1.54) is 11.8 Å². The molecule has 2 aromatic heterocycles. The van der Waals surface area contributed by atoms with Crippen molar-refractivity contribution in [1.29, 1.82) is 0 Å². The van der Waals surface area contributed by atoms with Crippen molar-refractivity contribution in [2.75, 3.05) is 20.3 Å². The number of amides is 1. The number of carbonyl (C=O) groups excluding carboxylic acids is 1. The van der Waals surface area contributed by atoms with Gasteiger partial charge in [-0.05, 0) is 42.0 Å². The maximum Gasteiger partial charge on any atom is 0.251 e. The van der Waals surface area contributed by atoms with E-state index in [9.17, 15) is 4.79 Å². The number of nitrogens with one attached hydrogen (secondary N) is 1. The first-order valence-electron chi connectivity index (χ1n) is 10.3. The predicted octanol–water partition coefficient (Wildman–Crippen LogP) is 4.65. The number of hydrogen-bond donors (Lipinski definition) is 1. The Morgan fingerprint density at radius 2 is 2.00 bits per heavy atom. The van der Waals surface area contributed by atoms with Crippen LogP contribution in [0.2, 0.25) is 5.02 Å². The lowest BCUT2D eigenvalue weighted by molar-refractivity contribution is 0.0936. The summed E-state index contributed by atoms with van der Waals surface area (Å²) in [6.07, 6.45) is 3.47. The molecule has 0 atom stereocenters. The Kier molecular flexibility index (Phi) is 7.72. The molecule has 0 spiro atoms. The van der Waals surface area contributed by atoms with Crippen LogP contribution in [0.3, 0.4) is 0 Å². The number of halogens is 1. The second-order valence-corrected chi connectivity index (χ2v) is 8.44. The summed E-state index contributed by atoms with van der Waals surface area (Å²) in [6, 6.07) is 18.9. The number of carbonyl (C=O) groups is 1. The second-order valence-electron chi connectivity index (χ2n) is 7.06. The summed E-state index contributed by atoms with van der Waals surface area (Å²) >= 11 is 7.76. The largest absolute Gasteiger partial charge is 0.383 e. The van der Waals surface area contributed by atoms with E-state index in [2.05, 4.69) is 20.5 Å². The molecule has 0 aliphatic rings. The van der Waals surface area contributed by atoms with Crippen molar-refractivity contribution >= 4 is 29.3 Å². The average molecular weight is 480 g/mol. The third-order valence-electron chi connectivity index (χ3n) is 4.83. The molecule has 2 heterocycles. The van der Waals surface area contributed by atoms with Crippen molar-refractivity contribution in [3.63, 3.8) is 0 Å². The van der Waals surface area contributed by atoms with E-state index >= 15 is 0 Å². The minimum atomic E-state index is -0.129. The summed E-state index contributed by atoms with van der Waals surface area (Å²) in [5.74, 6) is 1.08. The smallest absolute Gasteiger partial charge is 0.251 e. The van der Waals surface area contributed by atoms with Crippen molar-refractivity contribution in [3.8, 4) is 17.1 Å². The normalized spacial score (nSPS) is 10.8. The Morgan fingerprint density at radius 3 is 2.79 bits per heavy atom. The first kappa shape index (κ1) is 23.0. The van der Waals surface area contributed by atoms with Gasteiger partial charge in [0.2, 0.25) is 0 Å². The summed E-state index contributed by atoms with van der Waals surface area (Å²) in [5.41, 5.74) is 3.22. The molecule has 1 amide bonds. The van der Waals surface area contributed by atoms with Gasteiger partial charge in [-0.25, -0.2) is 0 Å². The van der Waals surface area contributed by atoms with Gasteiger partial charge in [-0.2, -0.15) is 0 Å². The number of methoxy groups -OCH3 is 1. The van der Waals surface area contributed by atoms with E-state index < -0.39 is 0 Å². The molecule has 0 bridgehead atoms. The molecule has 33 heavy (non-hydrogen) atoms. The van der Waals surface area contributed by atoms with E-state index in [0.29, 0.717) is 40.5 Å². The molecule has 4 aromatic rings. The van der Waals surface area contributed by atoms with Crippen molar-refractivity contribution < 1.29 is 9.53 Å². The van der Waals surface area contributed by atoms with Crippen molar-refractivity contribution in [2.45, 2.75) is 10.9 Å². The number of nitrogens with zero attached hydrogens (tertiary/aromatic N) is 4. The van der Waals surface area contributed by atoms with Crippen molar-refractivity contribution in [3.05, 3.63) is 89.2 Å². The lowest BCUT2D eigenvalue weighted by Crippen LogP contribution is -2.27. The molecular weight excluding hydrogens is 458 g/mol. The maximum atomic E-state index is 12.6. The standard InChI is InChI=1S/C24H22ClN5O2S/c1-32-13-12-27-23(31)21-10-3-2-6-18(21)16-33-24-29-28-22(17-7-5-11-26-15-17)30(24)20-9-4-8-19(25)14-20/h2-11,14-15H,12-13,16H2,1H3,(H,27,31). The number of pyridine rings is 1. The molecule has 4 rings (SSSR count). The van der Waals surface area contributed by atoms with Gasteiger partial charge in [0, 0.05) is 48.0 Å². The van der Waals surface area contributed by atoms with Crippen LogP contribution >= 0.6 is 23.4 Å². The summed E-state index contributed by atoms with van der Waals surface area (Å²) in [7, 11) is 1.60. The van der Waals surface area contributed by atoms with E-state index in [4.69, 9.17) is 16.3 Å². The molecule has 7 nitrogen and oxygen atoms in total. The molecule has 0 radical (unpaired) electrons. The molecule has 0 saturated heterocycles. The Balaban J connectivity index is 1.64. The van der Waals surface area contributed by atoms with Gasteiger partial charge in [-0.15, -0.1) is 10.2 Å². The summed E-state index contributed by atoms with van der Waals surface area (Å²) < 4.78 is 6.97. The van der Waals surface area contributed by atoms with Crippen LogP contribution in [0.1, 0.15) is 15.9 Å². The quantitative estimate of drug-likeness (QED) is 0.278. The van der Waals surface area contributed by atoms with Gasteiger partial charge in [0.25, 0.3) is 5.91 Å². The SMILES string of the molecule is COCCNC(=O)c1ccccc1CSc1nnc(-c2cccnc2)n1-c1cccc(Cl)c1. The number of thioether (sulfide) groups is 1. The number of ether oxygens (including phenoxy) is 1. The minimum Gasteiger partial charge on any atom is -0.383 e. The van der Waals surface area contributed by atoms with Gasteiger partial charge < -0.3 is 10.1 Å². The van der Waals surface area contributed by atoms with Crippen LogP contribution in [-0.2, 0) is 10.5 Å². The molecule has 0 aliphatic carbocycles. The molecule has 0 unspecified atom stereocenters. The number of hydrogen-bond acceptors (Lipinski definition) is 6. The van der Waals surface area contributed by atoms with Crippen LogP contribution < -0.4 is 5.32 Å². The molecule has 2 aromatic carbocycles. The van der Waals surface area contributed by atoms with Crippen molar-refractivity contribution in [2.24, 2.45) is 0 Å². The van der Waals surface area contributed by atoms with E-state index in [1.807, 2.05) is 65.2 Å². The fourth-order valence-electron chi connectivity index (χ4n) is 3.27. The van der Waals surface area contributed by atoms with Crippen molar-refractivity contribution in [1.82, 2.24) is 25.1 Å². The molecule has 0 saturated carbocycles. The molecule has 168 valence electrons. The van der Waals surface area contributed by atoms with Crippen LogP contribution in [0.15, 0.2) is 78.2 Å². The summed E-state index contributed by atoms with van der Waals surface area (Å²) in [6.45, 7) is 0.914. The Bertz CT molecular complexity index is 1230. The number of aromatic nitrogens is 4. The first-order chi connectivity index (χ1) is 16.2. The van der Waals surface area contributed by atoms with Gasteiger partial charge in [0.05, 0.1) is 12.3 Å². The zero-order chi connectivity index (χ0) is 23.0. The van der Waals surface area contributed by atoms with Gasteiger partial charge >= 0.3 is 0 Å². The first-order valence-corrected chi connectivity index (χ1v) is 11.6. The fourth-order valence-corrected chi connectivity index (χ4v) is 4.41. The van der Waals surface area contributed by atoms with Crippen LogP contribution in [0.25, 0.3) is 17.1 Å². The van der Waals surface area contributed by atoms with E-state index in [-0.39, 0.29) is 5.91 Å². The lowest BCUT2D eigenvalue weighted by Gasteiger charge is -2.12. The molecule has 1 N–H and O–H groups in total. The van der Waals surface area contributed by atoms with Gasteiger partial charge in [-0.1, -0.05) is 47.6 Å². The van der Waals surface area contributed by atoms with Crippen LogP contribution in [0.4, 0.5) is 0 Å². The monoisotopic (exact) mass is 479 g/mol. The number of rotatable bonds is 9. The Labute approximate surface area is 201 Å². The summed E-state index contributed by atoms with van der Waals surface area (Å²) in [5, 5.41) is 13.0. The molecular formula is C24H22ClN5O2S. The highest BCUT2D eigenvalue weighted by atomic mass is 35.5. The molecule has 0 aliphatic heterocycles. The predicted molar refractivity (Wildman–Crippen MR) is 130 cm³/mol. The second kappa shape index (κ2) is 11.1. The zero-order valence-electron chi connectivity index (χ0n) is 17.9. The highest BCUT2D eigenvalue weighted by molar-refractivity contribution is 7.98.